The highest BCUT2D eigenvalue weighted by Gasteiger charge is 2.12. The van der Waals surface area contributed by atoms with Crippen LogP contribution in [0.2, 0.25) is 0 Å². The standard InChI is InChI=1S/C16H15NOS/c18-15(8-7-13-5-3-11-19-13)16-14-6-2-1-4-12(14)9-10-17-16/h1-6,9-11,15,18H,7-8H2. The molecule has 3 heteroatoms. The van der Waals surface area contributed by atoms with Crippen LogP contribution in [0.25, 0.3) is 10.8 Å². The first kappa shape index (κ1) is 12.3. The fourth-order valence-electron chi connectivity index (χ4n) is 2.28. The van der Waals surface area contributed by atoms with Crippen molar-refractivity contribution in [2.45, 2.75) is 18.9 Å². The largest absolute Gasteiger partial charge is 0.387 e. The molecule has 1 aromatic carbocycles. The lowest BCUT2D eigenvalue weighted by Crippen LogP contribution is -2.02. The van der Waals surface area contributed by atoms with Crippen molar-refractivity contribution in [1.29, 1.82) is 0 Å². The topological polar surface area (TPSA) is 33.1 Å². The van der Waals surface area contributed by atoms with Crippen LogP contribution in [-0.2, 0) is 6.42 Å². The monoisotopic (exact) mass is 269 g/mol. The average Bonchev–Trinajstić information content (AvgIpc) is 2.97. The van der Waals surface area contributed by atoms with Gasteiger partial charge in [0.25, 0.3) is 0 Å². The lowest BCUT2D eigenvalue weighted by atomic mass is 10.0. The molecule has 0 aliphatic heterocycles. The van der Waals surface area contributed by atoms with Crippen LogP contribution in [0.15, 0.2) is 54.0 Å². The van der Waals surface area contributed by atoms with Gasteiger partial charge >= 0.3 is 0 Å². The Bertz CT molecular complexity index is 658. The predicted molar refractivity (Wildman–Crippen MR) is 79.3 cm³/mol. The summed E-state index contributed by atoms with van der Waals surface area (Å²) >= 11 is 1.73. The Balaban J connectivity index is 1.83. The highest BCUT2D eigenvalue weighted by Crippen LogP contribution is 2.25. The molecule has 0 saturated carbocycles. The lowest BCUT2D eigenvalue weighted by Gasteiger charge is -2.12. The van der Waals surface area contributed by atoms with Crippen molar-refractivity contribution < 1.29 is 5.11 Å². The van der Waals surface area contributed by atoms with Crippen LogP contribution >= 0.6 is 11.3 Å². The van der Waals surface area contributed by atoms with E-state index in [1.54, 1.807) is 17.5 Å². The second-order valence-electron chi connectivity index (χ2n) is 4.55. The van der Waals surface area contributed by atoms with Gasteiger partial charge < -0.3 is 5.11 Å². The van der Waals surface area contributed by atoms with E-state index >= 15 is 0 Å². The van der Waals surface area contributed by atoms with Gasteiger partial charge in [-0.3, -0.25) is 4.98 Å². The zero-order valence-electron chi connectivity index (χ0n) is 10.5. The van der Waals surface area contributed by atoms with Crippen molar-refractivity contribution in [3.05, 3.63) is 64.6 Å². The van der Waals surface area contributed by atoms with Crippen molar-refractivity contribution in [1.82, 2.24) is 4.98 Å². The molecule has 3 aromatic rings. The third-order valence-electron chi connectivity index (χ3n) is 3.26. The molecule has 19 heavy (non-hydrogen) atoms. The van der Waals surface area contributed by atoms with Gasteiger partial charge in [-0.15, -0.1) is 11.3 Å². The number of aliphatic hydroxyl groups excluding tert-OH is 1. The van der Waals surface area contributed by atoms with E-state index in [-0.39, 0.29) is 0 Å². The molecular weight excluding hydrogens is 254 g/mol. The van der Waals surface area contributed by atoms with Gasteiger partial charge in [-0.05, 0) is 35.7 Å². The van der Waals surface area contributed by atoms with E-state index in [0.717, 1.165) is 22.9 Å². The maximum absolute atomic E-state index is 10.4. The summed E-state index contributed by atoms with van der Waals surface area (Å²) in [6, 6.07) is 14.2. The summed E-state index contributed by atoms with van der Waals surface area (Å²) in [6.45, 7) is 0. The minimum Gasteiger partial charge on any atom is -0.387 e. The first-order valence-electron chi connectivity index (χ1n) is 6.39. The van der Waals surface area contributed by atoms with Crippen molar-refractivity contribution in [3.63, 3.8) is 0 Å². The minimum absolute atomic E-state index is 0.506. The van der Waals surface area contributed by atoms with E-state index < -0.39 is 6.10 Å². The number of nitrogens with zero attached hydrogens (tertiary/aromatic N) is 1. The lowest BCUT2D eigenvalue weighted by molar-refractivity contribution is 0.165. The van der Waals surface area contributed by atoms with E-state index in [1.165, 1.54) is 4.88 Å². The predicted octanol–water partition coefficient (Wildman–Crippen LogP) is 3.96. The van der Waals surface area contributed by atoms with Crippen LogP contribution in [0.4, 0.5) is 0 Å². The molecule has 0 spiro atoms. The van der Waals surface area contributed by atoms with Crippen LogP contribution in [0.5, 0.6) is 0 Å². The number of aryl methyl sites for hydroxylation is 1. The average molecular weight is 269 g/mol. The minimum atomic E-state index is -0.506. The Kier molecular flexibility index (Phi) is 3.58. The van der Waals surface area contributed by atoms with Crippen molar-refractivity contribution >= 4 is 22.1 Å². The third kappa shape index (κ3) is 2.67. The summed E-state index contributed by atoms with van der Waals surface area (Å²) in [5, 5.41) is 14.6. The van der Waals surface area contributed by atoms with Crippen molar-refractivity contribution in [2.24, 2.45) is 0 Å². The van der Waals surface area contributed by atoms with Gasteiger partial charge in [0.15, 0.2) is 0 Å². The van der Waals surface area contributed by atoms with Crippen LogP contribution in [0.1, 0.15) is 23.1 Å². The van der Waals surface area contributed by atoms with Gasteiger partial charge in [-0.1, -0.05) is 30.3 Å². The molecule has 0 aliphatic rings. The van der Waals surface area contributed by atoms with E-state index in [2.05, 4.69) is 16.4 Å². The van der Waals surface area contributed by atoms with Gasteiger partial charge in [0.2, 0.25) is 0 Å². The van der Waals surface area contributed by atoms with Crippen LogP contribution in [0.3, 0.4) is 0 Å². The number of aromatic nitrogens is 1. The molecule has 0 bridgehead atoms. The Hall–Kier alpha value is -1.71. The fraction of sp³-hybridized carbons (Fsp3) is 0.188. The summed E-state index contributed by atoms with van der Waals surface area (Å²) in [4.78, 5) is 5.67. The number of hydrogen-bond donors (Lipinski definition) is 1. The number of hydrogen-bond acceptors (Lipinski definition) is 3. The van der Waals surface area contributed by atoms with Crippen LogP contribution in [0, 0.1) is 0 Å². The first-order chi connectivity index (χ1) is 9.34. The SMILES string of the molecule is OC(CCc1cccs1)c1nccc2ccccc12. The number of thiophene rings is 1. The van der Waals surface area contributed by atoms with Gasteiger partial charge in [-0.2, -0.15) is 0 Å². The molecule has 2 aromatic heterocycles. The van der Waals surface area contributed by atoms with Gasteiger partial charge in [0.05, 0.1) is 11.8 Å². The number of rotatable bonds is 4. The maximum Gasteiger partial charge on any atom is 0.0969 e. The maximum atomic E-state index is 10.4. The van der Waals surface area contributed by atoms with Crippen molar-refractivity contribution in [3.8, 4) is 0 Å². The van der Waals surface area contributed by atoms with E-state index in [0.29, 0.717) is 6.42 Å². The Morgan fingerprint density at radius 2 is 2.00 bits per heavy atom. The number of pyridine rings is 1. The smallest absolute Gasteiger partial charge is 0.0969 e. The molecule has 3 rings (SSSR count). The molecule has 0 radical (unpaired) electrons. The van der Waals surface area contributed by atoms with E-state index in [4.69, 9.17) is 0 Å². The van der Waals surface area contributed by atoms with E-state index in [9.17, 15) is 5.11 Å². The normalized spacial score (nSPS) is 12.7. The summed E-state index contributed by atoms with van der Waals surface area (Å²) in [5.41, 5.74) is 0.787. The van der Waals surface area contributed by atoms with Gasteiger partial charge in [-0.25, -0.2) is 0 Å². The summed E-state index contributed by atoms with van der Waals surface area (Å²) < 4.78 is 0. The molecule has 0 saturated heterocycles. The zero-order chi connectivity index (χ0) is 13.1. The molecule has 0 aliphatic carbocycles. The molecule has 1 unspecified atom stereocenters. The Morgan fingerprint density at radius 3 is 2.84 bits per heavy atom. The zero-order valence-corrected chi connectivity index (χ0v) is 11.3. The Morgan fingerprint density at radius 1 is 1.11 bits per heavy atom. The number of aliphatic hydroxyl groups is 1. The van der Waals surface area contributed by atoms with Crippen LogP contribution in [-0.4, -0.2) is 10.1 Å². The number of benzene rings is 1. The molecule has 0 fully saturated rings. The molecule has 2 heterocycles. The fourth-order valence-corrected chi connectivity index (χ4v) is 3.00. The molecular formula is C16H15NOS. The number of fused-ring (bicyclic) bond motifs is 1. The van der Waals surface area contributed by atoms with Crippen molar-refractivity contribution in [2.75, 3.05) is 0 Å². The molecule has 1 N–H and O–H groups in total. The third-order valence-corrected chi connectivity index (χ3v) is 4.20. The summed E-state index contributed by atoms with van der Waals surface area (Å²) in [7, 11) is 0. The quantitative estimate of drug-likeness (QED) is 0.777. The molecule has 1 atom stereocenters. The second-order valence-corrected chi connectivity index (χ2v) is 5.58. The van der Waals surface area contributed by atoms with Crippen LogP contribution < -0.4 is 0 Å². The highest BCUT2D eigenvalue weighted by atomic mass is 32.1. The molecule has 0 amide bonds. The summed E-state index contributed by atoms with van der Waals surface area (Å²) in [6.07, 6.45) is 2.87. The first-order valence-corrected chi connectivity index (χ1v) is 7.26. The summed E-state index contributed by atoms with van der Waals surface area (Å²) in [5.74, 6) is 0. The second kappa shape index (κ2) is 5.51. The van der Waals surface area contributed by atoms with Gasteiger partial charge in [0, 0.05) is 16.5 Å². The highest BCUT2D eigenvalue weighted by molar-refractivity contribution is 7.09. The Labute approximate surface area is 116 Å². The van der Waals surface area contributed by atoms with E-state index in [1.807, 2.05) is 36.4 Å². The molecule has 96 valence electrons. The van der Waals surface area contributed by atoms with Gasteiger partial charge in [0.1, 0.15) is 0 Å². The molecule has 2 nitrogen and oxygen atoms in total.